The monoisotopic (exact) mass is 375 g/mol. The molecule has 1 aromatic carbocycles. The number of anilines is 1. The summed E-state index contributed by atoms with van der Waals surface area (Å²) in [5, 5.41) is 8.47. The smallest absolute Gasteiger partial charge is 0.314 e. The second-order valence-corrected chi connectivity index (χ2v) is 6.99. The second-order valence-electron chi connectivity index (χ2n) is 6.99. The Morgan fingerprint density at radius 3 is 2.04 bits per heavy atom. The van der Waals surface area contributed by atoms with Gasteiger partial charge in [0.1, 0.15) is 5.78 Å². The Labute approximate surface area is 162 Å². The Balaban J connectivity index is 1.93. The van der Waals surface area contributed by atoms with Gasteiger partial charge in [0, 0.05) is 37.5 Å². The molecule has 0 heterocycles. The van der Waals surface area contributed by atoms with E-state index in [2.05, 4.69) is 16.0 Å². The number of hydrogen-bond donors (Lipinski definition) is 3. The summed E-state index contributed by atoms with van der Waals surface area (Å²) in [7, 11) is 0. The fourth-order valence-electron chi connectivity index (χ4n) is 2.51. The lowest BCUT2D eigenvalue weighted by Gasteiger charge is -2.08. The van der Waals surface area contributed by atoms with Crippen molar-refractivity contribution < 1.29 is 14.4 Å². The fourth-order valence-corrected chi connectivity index (χ4v) is 2.51. The average Bonchev–Trinajstić information content (AvgIpc) is 2.64. The predicted octanol–water partition coefficient (Wildman–Crippen LogP) is 3.88. The van der Waals surface area contributed by atoms with Crippen molar-refractivity contribution in [1.29, 1.82) is 0 Å². The summed E-state index contributed by atoms with van der Waals surface area (Å²) in [5.74, 6) is 0.380. The average molecular weight is 376 g/mol. The number of nitrogens with one attached hydrogen (secondary N) is 3. The van der Waals surface area contributed by atoms with Crippen molar-refractivity contribution in [2.24, 2.45) is 5.92 Å². The van der Waals surface area contributed by atoms with Crippen LogP contribution in [-0.2, 0) is 9.59 Å². The van der Waals surface area contributed by atoms with E-state index in [9.17, 15) is 14.4 Å². The fraction of sp³-hybridized carbons (Fsp3) is 0.571. The van der Waals surface area contributed by atoms with E-state index in [1.807, 2.05) is 44.2 Å². The normalized spacial score (nSPS) is 10.5. The van der Waals surface area contributed by atoms with Crippen LogP contribution in [0.2, 0.25) is 0 Å². The van der Waals surface area contributed by atoms with Crippen LogP contribution in [0.25, 0.3) is 0 Å². The topological polar surface area (TPSA) is 87.3 Å². The van der Waals surface area contributed by atoms with E-state index >= 15 is 0 Å². The van der Waals surface area contributed by atoms with Gasteiger partial charge in [0.15, 0.2) is 0 Å². The lowest BCUT2D eigenvalue weighted by molar-refractivity contribution is -0.122. The summed E-state index contributed by atoms with van der Waals surface area (Å²) in [5.41, 5.74) is 0.814. The summed E-state index contributed by atoms with van der Waals surface area (Å²) in [4.78, 5) is 34.9. The Bertz CT molecular complexity index is 573. The van der Waals surface area contributed by atoms with Crippen molar-refractivity contribution in [1.82, 2.24) is 10.6 Å². The Morgan fingerprint density at radius 1 is 0.815 bits per heavy atom. The molecule has 0 saturated heterocycles. The molecule has 6 nitrogen and oxygen atoms in total. The molecule has 0 aliphatic rings. The number of Topliss-reactive ketones (excluding diaryl/α,β-unsaturated/α-hetero) is 1. The third kappa shape index (κ3) is 11.8. The maximum Gasteiger partial charge on any atom is 0.314 e. The van der Waals surface area contributed by atoms with Gasteiger partial charge in [-0.25, -0.2) is 4.79 Å². The highest BCUT2D eigenvalue weighted by Gasteiger charge is 2.06. The van der Waals surface area contributed by atoms with Gasteiger partial charge >= 0.3 is 6.03 Å². The van der Waals surface area contributed by atoms with E-state index in [0.717, 1.165) is 37.8 Å². The molecule has 0 unspecified atom stereocenters. The van der Waals surface area contributed by atoms with Gasteiger partial charge in [-0.3, -0.25) is 9.59 Å². The first-order valence-electron chi connectivity index (χ1n) is 9.88. The van der Waals surface area contributed by atoms with Crippen LogP contribution in [-0.4, -0.2) is 30.8 Å². The van der Waals surface area contributed by atoms with E-state index in [1.165, 1.54) is 0 Å². The first kappa shape index (κ1) is 22.7. The lowest BCUT2D eigenvalue weighted by atomic mass is 10.0. The van der Waals surface area contributed by atoms with Gasteiger partial charge in [0.25, 0.3) is 0 Å². The molecule has 0 spiro atoms. The largest absolute Gasteiger partial charge is 0.338 e. The second kappa shape index (κ2) is 13.8. The number of hydrogen-bond acceptors (Lipinski definition) is 3. The molecule has 0 radical (unpaired) electrons. The number of carbonyl (C=O) groups is 3. The maximum absolute atomic E-state index is 11.8. The third-order valence-corrected chi connectivity index (χ3v) is 4.20. The van der Waals surface area contributed by atoms with Crippen LogP contribution in [0.5, 0.6) is 0 Å². The lowest BCUT2D eigenvalue weighted by Crippen LogP contribution is -2.36. The van der Waals surface area contributed by atoms with Crippen LogP contribution < -0.4 is 16.0 Å². The molecule has 1 rings (SSSR count). The van der Waals surface area contributed by atoms with Crippen molar-refractivity contribution in [3.63, 3.8) is 0 Å². The molecule has 0 atom stereocenters. The molecular weight excluding hydrogens is 342 g/mol. The van der Waals surface area contributed by atoms with Crippen LogP contribution >= 0.6 is 0 Å². The summed E-state index contributed by atoms with van der Waals surface area (Å²) in [6, 6.07) is 9.24. The van der Waals surface area contributed by atoms with E-state index in [-0.39, 0.29) is 23.6 Å². The van der Waals surface area contributed by atoms with E-state index in [4.69, 9.17) is 0 Å². The summed E-state index contributed by atoms with van der Waals surface area (Å²) in [6.07, 6.45) is 5.21. The number of carbonyl (C=O) groups excluding carboxylic acids is 3. The highest BCUT2D eigenvalue weighted by Crippen LogP contribution is 2.07. The molecule has 150 valence electrons. The Hall–Kier alpha value is -2.37. The van der Waals surface area contributed by atoms with E-state index in [0.29, 0.717) is 25.9 Å². The standard InChI is InChI=1S/C21H33N3O3/c1-17(2)19(25)13-8-10-16-23-21(27)22-15-9-4-7-14-20(26)24-18-11-5-3-6-12-18/h3,5-6,11-12,17H,4,7-10,13-16H2,1-2H3,(H,24,26)(H2,22,23,27). The Morgan fingerprint density at radius 2 is 1.41 bits per heavy atom. The molecule has 3 amide bonds. The molecule has 0 aromatic heterocycles. The number of ketones is 1. The van der Waals surface area contributed by atoms with Crippen LogP contribution in [0.4, 0.5) is 10.5 Å². The minimum Gasteiger partial charge on any atom is -0.338 e. The molecular formula is C21H33N3O3. The van der Waals surface area contributed by atoms with E-state index in [1.54, 1.807) is 0 Å². The van der Waals surface area contributed by atoms with Gasteiger partial charge < -0.3 is 16.0 Å². The molecule has 1 aromatic rings. The van der Waals surface area contributed by atoms with Crippen LogP contribution in [0.15, 0.2) is 30.3 Å². The zero-order valence-corrected chi connectivity index (χ0v) is 16.6. The van der Waals surface area contributed by atoms with Crippen LogP contribution in [0, 0.1) is 5.92 Å². The van der Waals surface area contributed by atoms with E-state index < -0.39 is 0 Å². The first-order chi connectivity index (χ1) is 13.0. The molecule has 3 N–H and O–H groups in total. The highest BCUT2D eigenvalue weighted by molar-refractivity contribution is 5.90. The van der Waals surface area contributed by atoms with Crippen molar-refractivity contribution in [3.8, 4) is 0 Å². The van der Waals surface area contributed by atoms with Gasteiger partial charge in [0.05, 0.1) is 0 Å². The van der Waals surface area contributed by atoms with Gasteiger partial charge in [-0.15, -0.1) is 0 Å². The van der Waals surface area contributed by atoms with Crippen molar-refractivity contribution in [2.45, 2.75) is 58.8 Å². The molecule has 0 bridgehead atoms. The third-order valence-electron chi connectivity index (χ3n) is 4.20. The molecule has 0 fully saturated rings. The number of para-hydroxylation sites is 1. The Kier molecular flexibility index (Phi) is 11.6. The number of urea groups is 1. The number of amides is 3. The zero-order chi connectivity index (χ0) is 19.9. The SMILES string of the molecule is CC(C)C(=O)CCCCNC(=O)NCCCCCC(=O)Nc1ccccc1. The van der Waals surface area contributed by atoms with Crippen LogP contribution in [0.3, 0.4) is 0 Å². The molecule has 27 heavy (non-hydrogen) atoms. The van der Waals surface area contributed by atoms with Gasteiger partial charge in [-0.05, 0) is 37.8 Å². The molecule has 0 saturated carbocycles. The maximum atomic E-state index is 11.8. The van der Waals surface area contributed by atoms with Gasteiger partial charge in [-0.1, -0.05) is 38.5 Å². The summed E-state index contributed by atoms with van der Waals surface area (Å²) < 4.78 is 0. The predicted molar refractivity (Wildman–Crippen MR) is 109 cm³/mol. The number of rotatable bonds is 13. The van der Waals surface area contributed by atoms with Gasteiger partial charge in [-0.2, -0.15) is 0 Å². The number of unbranched alkanes of at least 4 members (excludes halogenated alkanes) is 3. The molecule has 0 aliphatic heterocycles. The number of benzene rings is 1. The summed E-state index contributed by atoms with van der Waals surface area (Å²) in [6.45, 7) is 4.99. The zero-order valence-electron chi connectivity index (χ0n) is 16.6. The first-order valence-corrected chi connectivity index (χ1v) is 9.88. The van der Waals surface area contributed by atoms with Crippen molar-refractivity contribution >= 4 is 23.4 Å². The molecule has 6 heteroatoms. The minimum absolute atomic E-state index is 0.0165. The summed E-state index contributed by atoms with van der Waals surface area (Å²) >= 11 is 0. The molecule has 0 aliphatic carbocycles. The van der Waals surface area contributed by atoms with Gasteiger partial charge in [0.2, 0.25) is 5.91 Å². The quantitative estimate of drug-likeness (QED) is 0.457. The highest BCUT2D eigenvalue weighted by atomic mass is 16.2. The van der Waals surface area contributed by atoms with Crippen molar-refractivity contribution in [2.75, 3.05) is 18.4 Å². The minimum atomic E-state index is -0.174. The van der Waals surface area contributed by atoms with Crippen molar-refractivity contribution in [3.05, 3.63) is 30.3 Å². The van der Waals surface area contributed by atoms with Crippen LogP contribution in [0.1, 0.15) is 58.8 Å².